The minimum absolute atomic E-state index is 0.0666. The van der Waals surface area contributed by atoms with E-state index in [9.17, 15) is 8.42 Å². The Balaban J connectivity index is 0.000000160. The fourth-order valence-corrected chi connectivity index (χ4v) is 3.70. The van der Waals surface area contributed by atoms with Crippen molar-refractivity contribution < 1.29 is 13.0 Å². The van der Waals surface area contributed by atoms with E-state index in [2.05, 4.69) is 15.2 Å². The number of nitrogens with zero attached hydrogens (tertiary/aromatic N) is 2. The zero-order valence-corrected chi connectivity index (χ0v) is 16.4. The summed E-state index contributed by atoms with van der Waals surface area (Å²) in [4.78, 5) is 6.31. The lowest BCUT2D eigenvalue weighted by Crippen LogP contribution is -2.51. The summed E-state index contributed by atoms with van der Waals surface area (Å²) >= 11 is 11.7. The van der Waals surface area contributed by atoms with E-state index in [-0.39, 0.29) is 4.90 Å². The van der Waals surface area contributed by atoms with Gasteiger partial charge < -0.3 is 10.2 Å². The van der Waals surface area contributed by atoms with E-state index >= 15 is 0 Å². The average molecular weight is 416 g/mol. The smallest absolute Gasteiger partial charge is 0.294 e. The number of pyridine rings is 1. The first-order valence-corrected chi connectivity index (χ1v) is 10.3. The number of rotatable bonds is 2. The van der Waals surface area contributed by atoms with Crippen LogP contribution in [0.3, 0.4) is 0 Å². The molecule has 0 spiro atoms. The summed E-state index contributed by atoms with van der Waals surface area (Å²) in [6, 6.07) is 8.53. The molecule has 1 aromatic carbocycles. The lowest BCUT2D eigenvalue weighted by molar-refractivity contribution is 0.297. The van der Waals surface area contributed by atoms with Gasteiger partial charge in [-0.25, -0.2) is 4.98 Å². The van der Waals surface area contributed by atoms with E-state index in [0.29, 0.717) is 16.2 Å². The second-order valence-corrected chi connectivity index (χ2v) is 8.62. The number of aromatic nitrogens is 1. The fourth-order valence-electron chi connectivity index (χ4n) is 2.96. The Morgan fingerprint density at radius 3 is 2.38 bits per heavy atom. The van der Waals surface area contributed by atoms with Gasteiger partial charge >= 0.3 is 0 Å². The molecule has 2 aliphatic rings. The van der Waals surface area contributed by atoms with Crippen LogP contribution in [0.1, 0.15) is 5.56 Å². The second kappa shape index (κ2) is 7.70. The Hall–Kier alpha value is -1.38. The third-order valence-corrected chi connectivity index (χ3v) is 6.10. The molecule has 26 heavy (non-hydrogen) atoms. The van der Waals surface area contributed by atoms with E-state index in [1.54, 1.807) is 18.3 Å². The maximum absolute atomic E-state index is 10.5. The van der Waals surface area contributed by atoms with Crippen molar-refractivity contribution in [3.8, 4) is 0 Å². The number of halogens is 2. The van der Waals surface area contributed by atoms with Crippen LogP contribution in [-0.4, -0.2) is 43.6 Å². The molecule has 6 nitrogen and oxygen atoms in total. The Kier molecular flexibility index (Phi) is 5.74. The molecule has 0 amide bonds. The van der Waals surface area contributed by atoms with E-state index in [4.69, 9.17) is 27.8 Å². The van der Waals surface area contributed by atoms with Crippen molar-refractivity contribution in [2.45, 2.75) is 17.9 Å². The summed E-state index contributed by atoms with van der Waals surface area (Å²) in [6.45, 7) is 5.12. The molecule has 0 radical (unpaired) electrons. The van der Waals surface area contributed by atoms with Crippen molar-refractivity contribution in [1.29, 1.82) is 0 Å². The fraction of sp³-hybridized carbons (Fsp3) is 0.353. The van der Waals surface area contributed by atoms with Crippen LogP contribution in [0.25, 0.3) is 0 Å². The predicted molar refractivity (Wildman–Crippen MR) is 103 cm³/mol. The van der Waals surface area contributed by atoms with Crippen LogP contribution >= 0.6 is 23.2 Å². The van der Waals surface area contributed by atoms with Crippen molar-refractivity contribution in [2.75, 3.05) is 24.5 Å². The van der Waals surface area contributed by atoms with Crippen LogP contribution in [0.15, 0.2) is 41.4 Å². The number of benzene rings is 1. The zero-order chi connectivity index (χ0) is 18.9. The Labute approximate surface area is 162 Å². The first kappa shape index (κ1) is 19.4. The molecular formula is C17H19Cl2N3O3S. The predicted octanol–water partition coefficient (Wildman–Crippen LogP) is 3.04. The van der Waals surface area contributed by atoms with Crippen molar-refractivity contribution in [1.82, 2.24) is 10.3 Å². The molecule has 2 aliphatic heterocycles. The topological polar surface area (TPSA) is 82.5 Å². The molecule has 2 saturated heterocycles. The molecule has 0 unspecified atom stereocenters. The van der Waals surface area contributed by atoms with Gasteiger partial charge in [-0.2, -0.15) is 8.42 Å². The quantitative estimate of drug-likeness (QED) is 0.579. The summed E-state index contributed by atoms with van der Waals surface area (Å²) in [5.41, 5.74) is 2.03. The molecule has 9 heteroatoms. The van der Waals surface area contributed by atoms with E-state index in [1.807, 2.05) is 13.0 Å². The van der Waals surface area contributed by atoms with Crippen LogP contribution in [0.2, 0.25) is 10.2 Å². The molecular weight excluding hydrogens is 397 g/mol. The SMILES string of the molecule is Cc1ccc(S(=O)(=O)O)cc1.Clc1cc(N2C[C@H]3CN[C@H]3C2)cnc1Cl. The average Bonchev–Trinajstić information content (AvgIpc) is 2.85. The number of fused-ring (bicyclic) bond motifs is 1. The third-order valence-electron chi connectivity index (χ3n) is 4.55. The van der Waals surface area contributed by atoms with Crippen LogP contribution < -0.4 is 10.2 Å². The molecule has 0 bridgehead atoms. The monoisotopic (exact) mass is 415 g/mol. The van der Waals surface area contributed by atoms with Crippen molar-refractivity contribution in [3.63, 3.8) is 0 Å². The highest BCUT2D eigenvalue weighted by atomic mass is 35.5. The molecule has 140 valence electrons. The van der Waals surface area contributed by atoms with Gasteiger partial charge in [-0.3, -0.25) is 4.55 Å². The Bertz CT molecular complexity index is 879. The molecule has 4 rings (SSSR count). The third kappa shape index (κ3) is 4.47. The van der Waals surface area contributed by atoms with E-state index in [1.165, 1.54) is 12.1 Å². The van der Waals surface area contributed by atoms with Gasteiger partial charge in [0.15, 0.2) is 0 Å². The highest BCUT2D eigenvalue weighted by Gasteiger charge is 2.39. The number of nitrogens with one attached hydrogen (secondary N) is 1. The number of hydrogen-bond acceptors (Lipinski definition) is 5. The van der Waals surface area contributed by atoms with Crippen molar-refractivity contribution >= 4 is 39.0 Å². The minimum atomic E-state index is -4.02. The van der Waals surface area contributed by atoms with E-state index in [0.717, 1.165) is 36.8 Å². The molecule has 2 N–H and O–H groups in total. The summed E-state index contributed by atoms with van der Waals surface area (Å²) < 4.78 is 29.6. The number of anilines is 1. The summed E-state index contributed by atoms with van der Waals surface area (Å²) in [6.07, 6.45) is 1.79. The summed E-state index contributed by atoms with van der Waals surface area (Å²) in [5.74, 6) is 0.791. The molecule has 0 saturated carbocycles. The lowest BCUT2D eigenvalue weighted by atomic mass is 9.96. The minimum Gasteiger partial charge on any atom is -0.368 e. The standard InChI is InChI=1S/C10H11Cl2N3.C7H8O3S/c11-8-1-7(3-14-10(8)12)15-4-6-2-13-9(6)5-15;1-6-2-4-7(5-3-6)11(8,9)10/h1,3,6,9,13H,2,4-5H2;2-5H,1H3,(H,8,9,10)/t6-,9+;/m1./s1. The van der Waals surface area contributed by atoms with Crippen molar-refractivity contribution in [3.05, 3.63) is 52.3 Å². The van der Waals surface area contributed by atoms with Gasteiger partial charge in [-0.1, -0.05) is 40.9 Å². The first-order valence-electron chi connectivity index (χ1n) is 8.07. The van der Waals surface area contributed by atoms with Crippen LogP contribution in [0.5, 0.6) is 0 Å². The normalized spacial score (nSPS) is 21.5. The van der Waals surface area contributed by atoms with Gasteiger partial charge in [0.2, 0.25) is 0 Å². The first-order chi connectivity index (χ1) is 12.2. The largest absolute Gasteiger partial charge is 0.368 e. The maximum Gasteiger partial charge on any atom is 0.294 e. The van der Waals surface area contributed by atoms with Crippen LogP contribution in [-0.2, 0) is 10.1 Å². The maximum atomic E-state index is 10.5. The molecule has 2 fully saturated rings. The highest BCUT2D eigenvalue weighted by Crippen LogP contribution is 2.30. The van der Waals surface area contributed by atoms with Gasteiger partial charge in [0.05, 0.1) is 21.8 Å². The van der Waals surface area contributed by atoms with Crippen molar-refractivity contribution in [2.24, 2.45) is 5.92 Å². The van der Waals surface area contributed by atoms with Gasteiger partial charge in [0, 0.05) is 31.6 Å². The number of hydrogen-bond donors (Lipinski definition) is 2. The summed E-state index contributed by atoms with van der Waals surface area (Å²) in [5, 5.41) is 4.32. The van der Waals surface area contributed by atoms with Gasteiger partial charge in [-0.15, -0.1) is 0 Å². The Morgan fingerprint density at radius 2 is 1.92 bits per heavy atom. The Morgan fingerprint density at radius 1 is 1.23 bits per heavy atom. The zero-order valence-electron chi connectivity index (χ0n) is 14.1. The highest BCUT2D eigenvalue weighted by molar-refractivity contribution is 7.85. The molecule has 1 aromatic heterocycles. The molecule has 2 atom stereocenters. The number of aryl methyl sites for hydroxylation is 1. The summed E-state index contributed by atoms with van der Waals surface area (Å²) in [7, 11) is -4.02. The van der Waals surface area contributed by atoms with Gasteiger partial charge in [-0.05, 0) is 25.1 Å². The molecule has 0 aliphatic carbocycles. The van der Waals surface area contributed by atoms with Crippen LogP contribution in [0.4, 0.5) is 5.69 Å². The van der Waals surface area contributed by atoms with E-state index < -0.39 is 10.1 Å². The molecule has 3 heterocycles. The van der Waals surface area contributed by atoms with Gasteiger partial charge in [0.1, 0.15) is 5.15 Å². The van der Waals surface area contributed by atoms with Gasteiger partial charge in [0.25, 0.3) is 10.1 Å². The lowest BCUT2D eigenvalue weighted by Gasteiger charge is -2.29. The van der Waals surface area contributed by atoms with Crippen LogP contribution in [0, 0.1) is 12.8 Å². The molecule has 2 aromatic rings. The second-order valence-electron chi connectivity index (χ2n) is 6.43.